The predicted octanol–water partition coefficient (Wildman–Crippen LogP) is 3.20. The molecule has 0 saturated carbocycles. The summed E-state index contributed by atoms with van der Waals surface area (Å²) in [4.78, 5) is 2.44. The lowest BCUT2D eigenvalue weighted by atomic mass is 10.0. The van der Waals surface area contributed by atoms with Gasteiger partial charge in [-0.1, -0.05) is 43.7 Å². The van der Waals surface area contributed by atoms with Gasteiger partial charge in [-0.25, -0.2) is 0 Å². The highest BCUT2D eigenvalue weighted by Crippen LogP contribution is 2.12. The number of nitrogens with zero attached hydrogens (tertiary/aromatic N) is 1. The molecule has 0 aliphatic rings. The van der Waals surface area contributed by atoms with E-state index in [4.69, 9.17) is 0 Å². The molecular weight excluding hydrogens is 220 g/mol. The molecule has 0 heterocycles. The molecule has 1 aromatic rings. The van der Waals surface area contributed by atoms with Gasteiger partial charge < -0.3 is 5.32 Å². The second-order valence-electron chi connectivity index (χ2n) is 5.22. The fourth-order valence-corrected chi connectivity index (χ4v) is 2.47. The standard InChI is InChI=1S/C16H28N2/c1-6-16(17-7-2)14(4)18(5)12-15-10-8-9-13(3)11-15/h8-11,14,16-17H,6-7,12H2,1-5H3. The largest absolute Gasteiger partial charge is 0.313 e. The third kappa shape index (κ3) is 4.43. The summed E-state index contributed by atoms with van der Waals surface area (Å²) in [6.45, 7) is 11.0. The van der Waals surface area contributed by atoms with Crippen molar-refractivity contribution in [3.63, 3.8) is 0 Å². The molecule has 0 fully saturated rings. The quantitative estimate of drug-likeness (QED) is 0.797. The molecule has 102 valence electrons. The van der Waals surface area contributed by atoms with E-state index in [9.17, 15) is 0 Å². The average molecular weight is 248 g/mol. The number of hydrogen-bond acceptors (Lipinski definition) is 2. The van der Waals surface area contributed by atoms with Crippen LogP contribution in [0.3, 0.4) is 0 Å². The van der Waals surface area contributed by atoms with Crippen molar-refractivity contribution in [2.45, 2.75) is 52.7 Å². The fraction of sp³-hybridized carbons (Fsp3) is 0.625. The van der Waals surface area contributed by atoms with E-state index in [0.29, 0.717) is 12.1 Å². The minimum atomic E-state index is 0.551. The minimum absolute atomic E-state index is 0.551. The maximum absolute atomic E-state index is 3.57. The van der Waals surface area contributed by atoms with Gasteiger partial charge in [0.25, 0.3) is 0 Å². The summed E-state index contributed by atoms with van der Waals surface area (Å²) in [5.74, 6) is 0. The number of aryl methyl sites for hydroxylation is 1. The zero-order valence-electron chi connectivity index (χ0n) is 12.5. The van der Waals surface area contributed by atoms with E-state index in [2.05, 4.69) is 69.2 Å². The first-order chi connectivity index (χ1) is 8.58. The SMILES string of the molecule is CCNC(CC)C(C)N(C)Cc1cccc(C)c1. The Morgan fingerprint density at radius 1 is 1.28 bits per heavy atom. The molecule has 1 N–H and O–H groups in total. The second-order valence-corrected chi connectivity index (χ2v) is 5.22. The summed E-state index contributed by atoms with van der Waals surface area (Å²) in [5.41, 5.74) is 2.74. The average Bonchev–Trinajstić information content (AvgIpc) is 2.35. The van der Waals surface area contributed by atoms with E-state index in [0.717, 1.165) is 13.1 Å². The summed E-state index contributed by atoms with van der Waals surface area (Å²) in [6, 6.07) is 9.91. The number of hydrogen-bond donors (Lipinski definition) is 1. The van der Waals surface area contributed by atoms with Gasteiger partial charge in [0, 0.05) is 18.6 Å². The predicted molar refractivity (Wildman–Crippen MR) is 79.9 cm³/mol. The normalized spacial score (nSPS) is 14.8. The van der Waals surface area contributed by atoms with Crippen LogP contribution in [0.2, 0.25) is 0 Å². The maximum atomic E-state index is 3.57. The van der Waals surface area contributed by atoms with E-state index in [1.165, 1.54) is 17.5 Å². The second kappa shape index (κ2) is 7.55. The molecule has 2 nitrogen and oxygen atoms in total. The first kappa shape index (κ1) is 15.2. The zero-order chi connectivity index (χ0) is 13.5. The first-order valence-electron chi connectivity index (χ1n) is 7.07. The minimum Gasteiger partial charge on any atom is -0.313 e. The molecule has 0 aromatic heterocycles. The van der Waals surface area contributed by atoms with E-state index in [1.54, 1.807) is 0 Å². The van der Waals surface area contributed by atoms with Crippen molar-refractivity contribution in [2.24, 2.45) is 0 Å². The Balaban J connectivity index is 2.61. The third-order valence-corrected chi connectivity index (χ3v) is 3.70. The highest BCUT2D eigenvalue weighted by atomic mass is 15.2. The van der Waals surface area contributed by atoms with Crippen molar-refractivity contribution in [1.82, 2.24) is 10.2 Å². The Kier molecular flexibility index (Phi) is 6.37. The summed E-state index contributed by atoms with van der Waals surface area (Å²) >= 11 is 0. The van der Waals surface area contributed by atoms with Crippen LogP contribution in [0.1, 0.15) is 38.3 Å². The van der Waals surface area contributed by atoms with Crippen molar-refractivity contribution < 1.29 is 0 Å². The summed E-state index contributed by atoms with van der Waals surface area (Å²) in [7, 11) is 2.22. The van der Waals surface area contributed by atoms with E-state index >= 15 is 0 Å². The molecule has 0 amide bonds. The monoisotopic (exact) mass is 248 g/mol. The van der Waals surface area contributed by atoms with Crippen molar-refractivity contribution in [3.05, 3.63) is 35.4 Å². The van der Waals surface area contributed by atoms with Gasteiger partial charge in [0.15, 0.2) is 0 Å². The van der Waals surface area contributed by atoms with Gasteiger partial charge in [0.05, 0.1) is 0 Å². The molecule has 1 aromatic carbocycles. The summed E-state index contributed by atoms with van der Waals surface area (Å²) in [5, 5.41) is 3.57. The van der Waals surface area contributed by atoms with Gasteiger partial charge in [-0.2, -0.15) is 0 Å². The number of likely N-dealkylation sites (N-methyl/N-ethyl adjacent to an activating group) is 2. The van der Waals surface area contributed by atoms with E-state index < -0.39 is 0 Å². The van der Waals surface area contributed by atoms with Crippen molar-refractivity contribution in [3.8, 4) is 0 Å². The molecule has 0 spiro atoms. The van der Waals surface area contributed by atoms with Crippen LogP contribution in [0.4, 0.5) is 0 Å². The molecule has 0 aliphatic heterocycles. The molecule has 0 bridgehead atoms. The van der Waals surface area contributed by atoms with Crippen LogP contribution in [0, 0.1) is 6.92 Å². The van der Waals surface area contributed by atoms with Gasteiger partial charge in [-0.3, -0.25) is 4.90 Å². The van der Waals surface area contributed by atoms with Crippen LogP contribution < -0.4 is 5.32 Å². The molecule has 2 unspecified atom stereocenters. The highest BCUT2D eigenvalue weighted by Gasteiger charge is 2.18. The van der Waals surface area contributed by atoms with Crippen LogP contribution in [-0.4, -0.2) is 30.6 Å². The number of benzene rings is 1. The van der Waals surface area contributed by atoms with Crippen LogP contribution >= 0.6 is 0 Å². The topological polar surface area (TPSA) is 15.3 Å². The Labute approximate surface area is 112 Å². The molecule has 2 heteroatoms. The van der Waals surface area contributed by atoms with Crippen LogP contribution in [0.25, 0.3) is 0 Å². The molecule has 0 radical (unpaired) electrons. The third-order valence-electron chi connectivity index (χ3n) is 3.70. The Hall–Kier alpha value is -0.860. The Morgan fingerprint density at radius 3 is 2.56 bits per heavy atom. The van der Waals surface area contributed by atoms with Gasteiger partial charge in [0.2, 0.25) is 0 Å². The van der Waals surface area contributed by atoms with Crippen molar-refractivity contribution >= 4 is 0 Å². The van der Waals surface area contributed by atoms with Crippen molar-refractivity contribution in [2.75, 3.05) is 13.6 Å². The lowest BCUT2D eigenvalue weighted by Gasteiger charge is -2.32. The van der Waals surface area contributed by atoms with Crippen LogP contribution in [-0.2, 0) is 6.54 Å². The van der Waals surface area contributed by atoms with Crippen LogP contribution in [0.15, 0.2) is 24.3 Å². The van der Waals surface area contributed by atoms with E-state index in [1.807, 2.05) is 0 Å². The summed E-state index contributed by atoms with van der Waals surface area (Å²) < 4.78 is 0. The zero-order valence-corrected chi connectivity index (χ0v) is 12.5. The van der Waals surface area contributed by atoms with E-state index in [-0.39, 0.29) is 0 Å². The van der Waals surface area contributed by atoms with Crippen molar-refractivity contribution in [1.29, 1.82) is 0 Å². The van der Waals surface area contributed by atoms with Gasteiger partial charge in [-0.05, 0) is 39.4 Å². The fourth-order valence-electron chi connectivity index (χ4n) is 2.47. The summed E-state index contributed by atoms with van der Waals surface area (Å²) in [6.07, 6.45) is 1.17. The molecule has 0 saturated heterocycles. The Morgan fingerprint density at radius 2 is 2.00 bits per heavy atom. The molecule has 2 atom stereocenters. The van der Waals surface area contributed by atoms with Gasteiger partial charge in [-0.15, -0.1) is 0 Å². The first-order valence-corrected chi connectivity index (χ1v) is 7.07. The van der Waals surface area contributed by atoms with Gasteiger partial charge >= 0.3 is 0 Å². The molecule has 18 heavy (non-hydrogen) atoms. The van der Waals surface area contributed by atoms with Crippen LogP contribution in [0.5, 0.6) is 0 Å². The highest BCUT2D eigenvalue weighted by molar-refractivity contribution is 5.22. The smallest absolute Gasteiger partial charge is 0.0234 e. The number of rotatable bonds is 7. The molecule has 1 rings (SSSR count). The lowest BCUT2D eigenvalue weighted by molar-refractivity contribution is 0.196. The molecular formula is C16H28N2. The molecule has 0 aliphatic carbocycles. The van der Waals surface area contributed by atoms with Gasteiger partial charge in [0.1, 0.15) is 0 Å². The Bertz CT molecular complexity index is 349. The number of nitrogens with one attached hydrogen (secondary N) is 1. The lowest BCUT2D eigenvalue weighted by Crippen LogP contribution is -2.46. The maximum Gasteiger partial charge on any atom is 0.0234 e.